The molecule has 2 rings (SSSR count). The highest BCUT2D eigenvalue weighted by Crippen LogP contribution is 2.28. The number of nitrogens with zero attached hydrogens (tertiary/aromatic N) is 2. The molecule has 2 unspecified atom stereocenters. The Labute approximate surface area is 210 Å². The molecule has 2 aromatic carbocycles. The Morgan fingerprint density at radius 3 is 2.38 bits per heavy atom. The van der Waals surface area contributed by atoms with E-state index in [1.54, 1.807) is 56.5 Å². The quantitative estimate of drug-likeness (QED) is 0.459. The van der Waals surface area contributed by atoms with E-state index in [-0.39, 0.29) is 18.5 Å². The van der Waals surface area contributed by atoms with Crippen LogP contribution < -0.4 is 14.4 Å². The van der Waals surface area contributed by atoms with Crippen LogP contribution >= 0.6 is 15.9 Å². The fourth-order valence-corrected chi connectivity index (χ4v) is 4.74. The van der Waals surface area contributed by atoms with Gasteiger partial charge in [-0.05, 0) is 66.0 Å². The minimum absolute atomic E-state index is 0.0588. The first-order valence-electron chi connectivity index (χ1n) is 10.9. The van der Waals surface area contributed by atoms with Gasteiger partial charge in [-0.1, -0.05) is 31.2 Å². The van der Waals surface area contributed by atoms with Crippen molar-refractivity contribution >= 4 is 43.5 Å². The molecule has 0 aromatic heterocycles. The van der Waals surface area contributed by atoms with Crippen LogP contribution in [0.3, 0.4) is 0 Å². The van der Waals surface area contributed by atoms with Gasteiger partial charge < -0.3 is 15.0 Å². The molecule has 186 valence electrons. The van der Waals surface area contributed by atoms with Crippen molar-refractivity contribution in [3.8, 4) is 5.75 Å². The summed E-state index contributed by atoms with van der Waals surface area (Å²) >= 11 is 3.36. The summed E-state index contributed by atoms with van der Waals surface area (Å²) in [5.74, 6) is -0.194. The van der Waals surface area contributed by atoms with Gasteiger partial charge in [-0.2, -0.15) is 0 Å². The van der Waals surface area contributed by atoms with Gasteiger partial charge in [0.2, 0.25) is 21.8 Å². The van der Waals surface area contributed by atoms with Gasteiger partial charge in [0.25, 0.3) is 0 Å². The smallest absolute Gasteiger partial charge is 0.244 e. The van der Waals surface area contributed by atoms with Crippen molar-refractivity contribution in [2.75, 3.05) is 24.2 Å². The lowest BCUT2D eigenvalue weighted by Gasteiger charge is -2.32. The van der Waals surface area contributed by atoms with E-state index in [9.17, 15) is 18.0 Å². The van der Waals surface area contributed by atoms with Gasteiger partial charge >= 0.3 is 0 Å². The first-order chi connectivity index (χ1) is 16.0. The van der Waals surface area contributed by atoms with E-state index in [0.717, 1.165) is 22.5 Å². The molecule has 0 saturated heterocycles. The summed E-state index contributed by atoms with van der Waals surface area (Å²) in [5, 5.41) is 2.90. The van der Waals surface area contributed by atoms with E-state index >= 15 is 0 Å². The number of sulfonamides is 1. The third-order valence-corrected chi connectivity index (χ3v) is 7.25. The minimum atomic E-state index is -3.79. The van der Waals surface area contributed by atoms with Gasteiger partial charge in [-0.15, -0.1) is 0 Å². The number of para-hydroxylation sites is 1. The Bertz CT molecular complexity index is 1110. The number of amides is 2. The summed E-state index contributed by atoms with van der Waals surface area (Å²) in [6.07, 6.45) is 1.79. The molecule has 0 spiro atoms. The number of benzene rings is 2. The molecule has 8 nitrogen and oxygen atoms in total. The van der Waals surface area contributed by atoms with Crippen molar-refractivity contribution < 1.29 is 22.7 Å². The van der Waals surface area contributed by atoms with Crippen molar-refractivity contribution in [3.63, 3.8) is 0 Å². The molecule has 1 N–H and O–H groups in total. The molecule has 2 aromatic rings. The predicted octanol–water partition coefficient (Wildman–Crippen LogP) is 3.56. The molecule has 2 amide bonds. The Morgan fingerprint density at radius 2 is 1.79 bits per heavy atom. The van der Waals surface area contributed by atoms with E-state index in [4.69, 9.17) is 4.74 Å². The van der Waals surface area contributed by atoms with Crippen molar-refractivity contribution in [2.24, 2.45) is 0 Å². The number of rotatable bonds is 11. The number of carbonyl (C=O) groups is 2. The average molecular weight is 555 g/mol. The van der Waals surface area contributed by atoms with Crippen LogP contribution in [0.25, 0.3) is 0 Å². The molecule has 0 aliphatic rings. The van der Waals surface area contributed by atoms with Crippen LogP contribution in [0.4, 0.5) is 5.69 Å². The number of anilines is 1. The summed E-state index contributed by atoms with van der Waals surface area (Å²) < 4.78 is 32.1. The number of nitrogens with one attached hydrogen (secondary N) is 1. The molecule has 0 heterocycles. The summed E-state index contributed by atoms with van der Waals surface area (Å²) in [5.41, 5.74) is 1.10. The van der Waals surface area contributed by atoms with E-state index < -0.39 is 28.5 Å². The van der Waals surface area contributed by atoms with Gasteiger partial charge in [0.05, 0.1) is 19.1 Å². The van der Waals surface area contributed by atoms with Gasteiger partial charge in [0.1, 0.15) is 18.3 Å². The van der Waals surface area contributed by atoms with Crippen LogP contribution in [0, 0.1) is 0 Å². The Morgan fingerprint density at radius 1 is 1.12 bits per heavy atom. The summed E-state index contributed by atoms with van der Waals surface area (Å²) in [6.45, 7) is 5.14. The largest absolute Gasteiger partial charge is 0.497 e. The molecule has 0 saturated carbocycles. The van der Waals surface area contributed by atoms with Gasteiger partial charge in [-0.3, -0.25) is 13.9 Å². The maximum Gasteiger partial charge on any atom is 0.244 e. The first kappa shape index (κ1) is 27.7. The molecule has 0 aliphatic heterocycles. The van der Waals surface area contributed by atoms with Crippen molar-refractivity contribution in [1.82, 2.24) is 10.2 Å². The monoisotopic (exact) mass is 553 g/mol. The van der Waals surface area contributed by atoms with Gasteiger partial charge in [0.15, 0.2) is 0 Å². The molecule has 0 fully saturated rings. The van der Waals surface area contributed by atoms with E-state index in [2.05, 4.69) is 21.2 Å². The number of carbonyl (C=O) groups excluding carboxylic acids is 2. The second-order valence-electron chi connectivity index (χ2n) is 8.09. The third-order valence-electron chi connectivity index (χ3n) is 5.46. The van der Waals surface area contributed by atoms with Crippen LogP contribution in [-0.2, 0) is 26.2 Å². The lowest BCUT2D eigenvalue weighted by molar-refractivity contribution is -0.139. The Kier molecular flexibility index (Phi) is 9.93. The highest BCUT2D eigenvalue weighted by Gasteiger charge is 2.31. The SMILES string of the molecule is CCC(C)NC(=O)C(C)N(Cc1cccc(OC)c1)C(=O)CN(c1ccccc1Br)S(C)(=O)=O. The number of halogens is 1. The molecule has 0 bridgehead atoms. The van der Waals surface area contributed by atoms with E-state index in [1.165, 1.54) is 4.90 Å². The highest BCUT2D eigenvalue weighted by molar-refractivity contribution is 9.10. The first-order valence-corrected chi connectivity index (χ1v) is 13.6. The third kappa shape index (κ3) is 7.46. The van der Waals surface area contributed by atoms with Crippen molar-refractivity contribution in [2.45, 2.75) is 45.8 Å². The maximum absolute atomic E-state index is 13.5. The highest BCUT2D eigenvalue weighted by atomic mass is 79.9. The zero-order valence-corrected chi connectivity index (χ0v) is 22.5. The fourth-order valence-electron chi connectivity index (χ4n) is 3.26. The summed E-state index contributed by atoms with van der Waals surface area (Å²) in [6, 6.07) is 13.1. The second kappa shape index (κ2) is 12.2. The Balaban J connectivity index is 2.41. The Hall–Kier alpha value is -2.59. The van der Waals surface area contributed by atoms with Gasteiger partial charge in [0, 0.05) is 17.1 Å². The average Bonchev–Trinajstić information content (AvgIpc) is 2.80. The molecule has 0 radical (unpaired) electrons. The van der Waals surface area contributed by atoms with Gasteiger partial charge in [-0.25, -0.2) is 8.42 Å². The molecule has 0 aliphatic carbocycles. The normalized spacial score (nSPS) is 13.0. The van der Waals surface area contributed by atoms with Crippen LogP contribution in [0.5, 0.6) is 5.75 Å². The number of hydrogen-bond acceptors (Lipinski definition) is 5. The molecular weight excluding hydrogens is 522 g/mol. The lowest BCUT2D eigenvalue weighted by atomic mass is 10.1. The topological polar surface area (TPSA) is 96.0 Å². The number of ether oxygens (including phenoxy) is 1. The fraction of sp³-hybridized carbons (Fsp3) is 0.417. The zero-order chi connectivity index (χ0) is 25.5. The van der Waals surface area contributed by atoms with Crippen molar-refractivity contribution in [3.05, 3.63) is 58.6 Å². The van der Waals surface area contributed by atoms with E-state index in [1.807, 2.05) is 19.9 Å². The van der Waals surface area contributed by atoms with Crippen LogP contribution in [0.1, 0.15) is 32.8 Å². The van der Waals surface area contributed by atoms with Crippen LogP contribution in [-0.4, -0.2) is 57.1 Å². The zero-order valence-electron chi connectivity index (χ0n) is 20.1. The number of methoxy groups -OCH3 is 1. The van der Waals surface area contributed by atoms with E-state index in [0.29, 0.717) is 15.9 Å². The summed E-state index contributed by atoms with van der Waals surface area (Å²) in [7, 11) is -2.24. The number of hydrogen-bond donors (Lipinski definition) is 1. The molecule has 10 heteroatoms. The van der Waals surface area contributed by atoms with Crippen LogP contribution in [0.15, 0.2) is 53.0 Å². The van der Waals surface area contributed by atoms with Crippen molar-refractivity contribution in [1.29, 1.82) is 0 Å². The minimum Gasteiger partial charge on any atom is -0.497 e. The molecular formula is C24H32BrN3O5S. The van der Waals surface area contributed by atoms with Crippen LogP contribution in [0.2, 0.25) is 0 Å². The maximum atomic E-state index is 13.5. The summed E-state index contributed by atoms with van der Waals surface area (Å²) in [4.78, 5) is 27.8. The predicted molar refractivity (Wildman–Crippen MR) is 137 cm³/mol. The standard InChI is InChI=1S/C24H32BrN3O5S/c1-6-17(2)26-24(30)18(3)27(15-19-10-9-11-20(14-19)33-4)23(29)16-28(34(5,31)32)22-13-8-7-12-21(22)25/h7-14,17-18H,6,15-16H2,1-5H3,(H,26,30). The molecule has 2 atom stereocenters. The second-order valence-corrected chi connectivity index (χ2v) is 10.8. The lowest BCUT2D eigenvalue weighted by Crippen LogP contribution is -2.52. The molecule has 34 heavy (non-hydrogen) atoms.